The molecule has 0 atom stereocenters. The van der Waals surface area contributed by atoms with Crippen molar-refractivity contribution >= 4 is 55.7 Å². The molecule has 1 saturated carbocycles. The first-order chi connectivity index (χ1) is 16.6. The Hall–Kier alpha value is -3.42. The molecule has 1 aliphatic rings. The van der Waals surface area contributed by atoms with Gasteiger partial charge in [0.1, 0.15) is 6.10 Å². The van der Waals surface area contributed by atoms with Gasteiger partial charge >= 0.3 is 0 Å². The SMILES string of the molecule is O=C(Cc1ccc2ccccc2c1)Nc1cc(C2CC(Oc3nc4ccc(Cl)cc4s3)C2)[nH]n1. The fourth-order valence-corrected chi connectivity index (χ4v) is 5.47. The average Bonchev–Trinajstić information content (AvgIpc) is 3.41. The molecule has 1 amide bonds. The molecule has 2 N–H and O–H groups in total. The van der Waals surface area contributed by atoms with Gasteiger partial charge in [0, 0.05) is 22.7 Å². The Labute approximate surface area is 204 Å². The molecule has 0 saturated heterocycles. The van der Waals surface area contributed by atoms with Crippen LogP contribution in [0, 0.1) is 0 Å². The van der Waals surface area contributed by atoms with Gasteiger partial charge in [0.2, 0.25) is 5.91 Å². The van der Waals surface area contributed by atoms with E-state index in [9.17, 15) is 4.79 Å². The molecule has 6 rings (SSSR count). The predicted octanol–water partition coefficient (Wildman–Crippen LogP) is 6.33. The molecule has 170 valence electrons. The van der Waals surface area contributed by atoms with Crippen molar-refractivity contribution in [1.82, 2.24) is 15.2 Å². The first-order valence-corrected chi connectivity index (χ1v) is 12.3. The number of nitrogens with one attached hydrogen (secondary N) is 2. The van der Waals surface area contributed by atoms with Crippen molar-refractivity contribution in [1.29, 1.82) is 0 Å². The summed E-state index contributed by atoms with van der Waals surface area (Å²) in [5.41, 5.74) is 2.89. The van der Waals surface area contributed by atoms with Crippen LogP contribution < -0.4 is 10.1 Å². The number of ether oxygens (including phenoxy) is 1. The molecule has 0 aliphatic heterocycles. The second-order valence-corrected chi connectivity index (χ2v) is 10.0. The number of anilines is 1. The van der Waals surface area contributed by atoms with Crippen molar-refractivity contribution in [2.45, 2.75) is 31.3 Å². The Morgan fingerprint density at radius 2 is 1.94 bits per heavy atom. The third-order valence-electron chi connectivity index (χ3n) is 6.18. The van der Waals surface area contributed by atoms with E-state index in [0.717, 1.165) is 39.7 Å². The summed E-state index contributed by atoms with van der Waals surface area (Å²) < 4.78 is 7.08. The molecule has 0 spiro atoms. The summed E-state index contributed by atoms with van der Waals surface area (Å²) in [6.45, 7) is 0. The summed E-state index contributed by atoms with van der Waals surface area (Å²) in [6, 6.07) is 21.8. The zero-order valence-electron chi connectivity index (χ0n) is 18.1. The monoisotopic (exact) mass is 488 g/mol. The van der Waals surface area contributed by atoms with Gasteiger partial charge in [0.25, 0.3) is 5.19 Å². The van der Waals surface area contributed by atoms with E-state index in [1.54, 1.807) is 0 Å². The Bertz CT molecular complexity index is 1510. The van der Waals surface area contributed by atoms with E-state index >= 15 is 0 Å². The molecule has 0 radical (unpaired) electrons. The van der Waals surface area contributed by atoms with Crippen LogP contribution in [0.2, 0.25) is 5.02 Å². The topological polar surface area (TPSA) is 79.9 Å². The molecule has 1 fully saturated rings. The second kappa shape index (κ2) is 8.74. The average molecular weight is 489 g/mol. The smallest absolute Gasteiger partial charge is 0.274 e. The summed E-state index contributed by atoms with van der Waals surface area (Å²) in [4.78, 5) is 17.1. The van der Waals surface area contributed by atoms with E-state index in [2.05, 4.69) is 38.7 Å². The lowest BCUT2D eigenvalue weighted by Gasteiger charge is -2.33. The molecule has 1 aliphatic carbocycles. The van der Waals surface area contributed by atoms with Crippen molar-refractivity contribution in [3.8, 4) is 5.19 Å². The number of H-pyrrole nitrogens is 1. The first-order valence-electron chi connectivity index (χ1n) is 11.1. The summed E-state index contributed by atoms with van der Waals surface area (Å²) >= 11 is 7.57. The summed E-state index contributed by atoms with van der Waals surface area (Å²) in [7, 11) is 0. The van der Waals surface area contributed by atoms with E-state index < -0.39 is 0 Å². The number of aromatic nitrogens is 3. The van der Waals surface area contributed by atoms with Gasteiger partial charge in [0.05, 0.1) is 16.6 Å². The largest absolute Gasteiger partial charge is 0.467 e. The number of carbonyl (C=O) groups excluding carboxylic acids is 1. The number of hydrogen-bond donors (Lipinski definition) is 2. The summed E-state index contributed by atoms with van der Waals surface area (Å²) in [5.74, 6) is 0.791. The van der Waals surface area contributed by atoms with E-state index in [1.165, 1.54) is 16.7 Å². The quantitative estimate of drug-likeness (QED) is 0.292. The molecule has 8 heteroatoms. The molecule has 2 aromatic heterocycles. The predicted molar refractivity (Wildman–Crippen MR) is 136 cm³/mol. The summed E-state index contributed by atoms with van der Waals surface area (Å²) in [6.07, 6.45) is 2.18. The van der Waals surface area contributed by atoms with Crippen molar-refractivity contribution in [3.63, 3.8) is 0 Å². The lowest BCUT2D eigenvalue weighted by molar-refractivity contribution is -0.115. The Kier molecular flexibility index (Phi) is 5.43. The van der Waals surface area contributed by atoms with E-state index in [4.69, 9.17) is 16.3 Å². The van der Waals surface area contributed by atoms with Crippen LogP contribution in [0.3, 0.4) is 0 Å². The van der Waals surface area contributed by atoms with E-state index in [0.29, 0.717) is 28.4 Å². The molecule has 2 heterocycles. The minimum absolute atomic E-state index is 0.0842. The van der Waals surface area contributed by atoms with Crippen LogP contribution in [0.25, 0.3) is 21.0 Å². The van der Waals surface area contributed by atoms with Crippen LogP contribution in [0.15, 0.2) is 66.7 Å². The minimum Gasteiger partial charge on any atom is -0.467 e. The number of amides is 1. The number of carbonyl (C=O) groups is 1. The lowest BCUT2D eigenvalue weighted by atomic mass is 9.80. The highest BCUT2D eigenvalue weighted by Crippen LogP contribution is 2.40. The van der Waals surface area contributed by atoms with Gasteiger partial charge in [-0.1, -0.05) is 65.4 Å². The fraction of sp³-hybridized carbons (Fsp3) is 0.192. The van der Waals surface area contributed by atoms with Gasteiger partial charge in [-0.15, -0.1) is 0 Å². The zero-order chi connectivity index (χ0) is 23.1. The molecular formula is C26H21ClN4O2S. The van der Waals surface area contributed by atoms with Gasteiger partial charge in [-0.25, -0.2) is 4.98 Å². The minimum atomic E-state index is -0.0842. The number of thiazole rings is 1. The van der Waals surface area contributed by atoms with Crippen molar-refractivity contribution < 1.29 is 9.53 Å². The second-order valence-electron chi connectivity index (χ2n) is 8.61. The molecular weight excluding hydrogens is 468 g/mol. The highest BCUT2D eigenvalue weighted by molar-refractivity contribution is 7.20. The van der Waals surface area contributed by atoms with Crippen LogP contribution in [0.1, 0.15) is 30.0 Å². The number of benzene rings is 3. The first kappa shape index (κ1) is 21.1. The van der Waals surface area contributed by atoms with E-state index in [1.807, 2.05) is 48.5 Å². The highest BCUT2D eigenvalue weighted by Gasteiger charge is 2.34. The normalized spacial score (nSPS) is 17.6. The summed E-state index contributed by atoms with van der Waals surface area (Å²) in [5, 5.41) is 13.9. The molecule has 3 aromatic carbocycles. The zero-order valence-corrected chi connectivity index (χ0v) is 19.7. The van der Waals surface area contributed by atoms with Crippen LogP contribution in [-0.2, 0) is 11.2 Å². The third kappa shape index (κ3) is 4.36. The standard InChI is InChI=1S/C26H21ClN4O2S/c27-19-7-8-21-23(13-19)34-26(28-21)33-20-11-18(12-20)22-14-24(31-30-22)29-25(32)10-15-5-6-16-3-1-2-4-17(16)9-15/h1-9,13-14,18,20H,10-12H2,(H2,29,30,31,32). The third-order valence-corrected chi connectivity index (χ3v) is 7.32. The molecule has 5 aromatic rings. The number of hydrogen-bond acceptors (Lipinski definition) is 5. The van der Waals surface area contributed by atoms with Crippen molar-refractivity contribution in [2.75, 3.05) is 5.32 Å². The van der Waals surface area contributed by atoms with Crippen LogP contribution in [0.5, 0.6) is 5.19 Å². The van der Waals surface area contributed by atoms with Crippen LogP contribution >= 0.6 is 22.9 Å². The maximum Gasteiger partial charge on any atom is 0.274 e. The molecule has 0 unspecified atom stereocenters. The Balaban J connectivity index is 1.03. The maximum atomic E-state index is 12.5. The number of rotatable bonds is 6. The fourth-order valence-electron chi connectivity index (χ4n) is 4.32. The highest BCUT2D eigenvalue weighted by atomic mass is 35.5. The van der Waals surface area contributed by atoms with Crippen LogP contribution in [0.4, 0.5) is 5.82 Å². The van der Waals surface area contributed by atoms with Gasteiger partial charge in [-0.2, -0.15) is 5.10 Å². The Morgan fingerprint density at radius 3 is 2.82 bits per heavy atom. The maximum absolute atomic E-state index is 12.5. The molecule has 34 heavy (non-hydrogen) atoms. The van der Waals surface area contributed by atoms with Gasteiger partial charge in [-0.3, -0.25) is 9.89 Å². The number of aromatic amines is 1. The lowest BCUT2D eigenvalue weighted by Crippen LogP contribution is -2.32. The Morgan fingerprint density at radius 1 is 1.09 bits per heavy atom. The molecule has 6 nitrogen and oxygen atoms in total. The number of halogens is 1. The molecule has 0 bridgehead atoms. The van der Waals surface area contributed by atoms with Crippen molar-refractivity contribution in [3.05, 3.63) is 83.0 Å². The van der Waals surface area contributed by atoms with E-state index in [-0.39, 0.29) is 12.0 Å². The number of nitrogens with zero attached hydrogens (tertiary/aromatic N) is 2. The van der Waals surface area contributed by atoms with Crippen LogP contribution in [-0.4, -0.2) is 27.2 Å². The number of fused-ring (bicyclic) bond motifs is 2. The van der Waals surface area contributed by atoms with Gasteiger partial charge in [0.15, 0.2) is 5.82 Å². The van der Waals surface area contributed by atoms with Gasteiger partial charge < -0.3 is 10.1 Å². The van der Waals surface area contributed by atoms with Crippen molar-refractivity contribution in [2.24, 2.45) is 0 Å². The van der Waals surface area contributed by atoms with Gasteiger partial charge in [-0.05, 0) is 47.4 Å².